The maximum absolute atomic E-state index is 13.9. The summed E-state index contributed by atoms with van der Waals surface area (Å²) >= 11 is 0. The Bertz CT molecular complexity index is 1120. The van der Waals surface area contributed by atoms with Gasteiger partial charge in [0.1, 0.15) is 23.2 Å². The zero-order valence-corrected chi connectivity index (χ0v) is 22.9. The zero-order chi connectivity index (χ0) is 27.1. The highest BCUT2D eigenvalue weighted by Crippen LogP contribution is 2.37. The molecule has 2 aliphatic rings. The van der Waals surface area contributed by atoms with E-state index in [2.05, 4.69) is 27.6 Å². The van der Waals surface area contributed by atoms with Crippen LogP contribution in [0.2, 0.25) is 0 Å². The monoisotopic (exact) mass is 514 g/mol. The van der Waals surface area contributed by atoms with Gasteiger partial charge in [0.15, 0.2) is 0 Å². The molecule has 0 aliphatic carbocycles. The number of carbonyl (C=O) groups excluding carboxylic acids is 2. The summed E-state index contributed by atoms with van der Waals surface area (Å²) in [4.78, 5) is 30.8. The van der Waals surface area contributed by atoms with Crippen LogP contribution in [0.4, 0.5) is 9.18 Å². The number of amides is 2. The lowest BCUT2D eigenvalue weighted by Gasteiger charge is -2.37. The van der Waals surface area contributed by atoms with Crippen LogP contribution in [0.5, 0.6) is 0 Å². The first kappa shape index (κ1) is 27.0. The number of ether oxygens (including phenoxy) is 1. The molecule has 202 valence electrons. The Morgan fingerprint density at radius 2 is 1.84 bits per heavy atom. The number of likely N-dealkylation sites (tertiary alicyclic amines) is 2. The van der Waals surface area contributed by atoms with Crippen LogP contribution in [0, 0.1) is 17.2 Å². The molecule has 2 aliphatic heterocycles. The topological polar surface area (TPSA) is 92.6 Å². The molecule has 2 fully saturated rings. The van der Waals surface area contributed by atoms with Crippen LogP contribution in [0.3, 0.4) is 0 Å². The van der Waals surface area contributed by atoms with Crippen LogP contribution >= 0.6 is 0 Å². The molecule has 1 N–H and O–H groups in total. The first-order valence-electron chi connectivity index (χ1n) is 12.9. The molecular weight excluding hydrogens is 475 g/mol. The predicted molar refractivity (Wildman–Crippen MR) is 138 cm³/mol. The molecule has 1 unspecified atom stereocenters. The van der Waals surface area contributed by atoms with E-state index in [1.54, 1.807) is 37.6 Å². The van der Waals surface area contributed by atoms with Crippen molar-refractivity contribution in [2.45, 2.75) is 78.2 Å². The SMILES string of the molecule is CN1C[C@H](Cn2cc(-c3ccc(F)cc3)nn2)[C@@H]2[C@H]1CCN2C(=O)C(NC(=O)OC(C)(C)C)C(C)(C)C. The number of likely N-dealkylation sites (N-methyl/N-ethyl adjacent to an activating group) is 1. The molecule has 0 saturated carbocycles. The minimum absolute atomic E-state index is 0.00116. The number of hydrogen-bond acceptors (Lipinski definition) is 6. The van der Waals surface area contributed by atoms with E-state index in [4.69, 9.17) is 4.74 Å². The number of benzene rings is 1. The summed E-state index contributed by atoms with van der Waals surface area (Å²) in [5.41, 5.74) is 0.324. The zero-order valence-electron chi connectivity index (χ0n) is 22.9. The van der Waals surface area contributed by atoms with Crippen molar-refractivity contribution >= 4 is 12.0 Å². The summed E-state index contributed by atoms with van der Waals surface area (Å²) in [6.45, 7) is 13.3. The van der Waals surface area contributed by atoms with E-state index in [-0.39, 0.29) is 29.7 Å². The van der Waals surface area contributed by atoms with Crippen LogP contribution in [-0.2, 0) is 16.1 Å². The van der Waals surface area contributed by atoms with Crippen molar-refractivity contribution in [2.75, 3.05) is 20.1 Å². The van der Waals surface area contributed by atoms with Crippen molar-refractivity contribution in [3.05, 3.63) is 36.3 Å². The van der Waals surface area contributed by atoms with Crippen LogP contribution in [0.25, 0.3) is 11.3 Å². The summed E-state index contributed by atoms with van der Waals surface area (Å²) in [6.07, 6.45) is 2.15. The molecular formula is C27H39FN6O3. The van der Waals surface area contributed by atoms with Gasteiger partial charge < -0.3 is 19.9 Å². The largest absolute Gasteiger partial charge is 0.444 e. The highest BCUT2D eigenvalue weighted by molar-refractivity contribution is 5.87. The summed E-state index contributed by atoms with van der Waals surface area (Å²) in [5, 5.41) is 11.4. The fourth-order valence-corrected chi connectivity index (χ4v) is 5.51. The predicted octanol–water partition coefficient (Wildman–Crippen LogP) is 3.55. The number of carbonyl (C=O) groups is 2. The van der Waals surface area contributed by atoms with Gasteiger partial charge in [-0.15, -0.1) is 5.10 Å². The van der Waals surface area contributed by atoms with E-state index in [0.29, 0.717) is 18.8 Å². The summed E-state index contributed by atoms with van der Waals surface area (Å²) in [6, 6.07) is 5.71. The van der Waals surface area contributed by atoms with Crippen molar-refractivity contribution in [3.8, 4) is 11.3 Å². The number of aromatic nitrogens is 3. The Hall–Kier alpha value is -3.01. The Kier molecular flexibility index (Phi) is 7.34. The van der Waals surface area contributed by atoms with Gasteiger partial charge in [0.25, 0.3) is 0 Å². The van der Waals surface area contributed by atoms with Crippen LogP contribution < -0.4 is 5.32 Å². The standard InChI is InChI=1S/C27H39FN6O3/c1-26(2,3)23(29-25(36)37-27(4,5)6)24(35)34-13-12-21-22(34)18(14-32(21)7)15-33-16-20(30-31-33)17-8-10-19(28)11-9-17/h8-11,16,18,21-23H,12-15H2,1-7H3,(H,29,36)/t18-,21-,22-,23?/m1/s1. The van der Waals surface area contributed by atoms with Crippen molar-refractivity contribution in [1.29, 1.82) is 0 Å². The number of alkyl carbamates (subject to hydrolysis) is 1. The maximum Gasteiger partial charge on any atom is 0.408 e. The van der Waals surface area contributed by atoms with E-state index < -0.39 is 23.2 Å². The first-order valence-corrected chi connectivity index (χ1v) is 12.9. The molecule has 10 heteroatoms. The molecule has 4 atom stereocenters. The molecule has 9 nitrogen and oxygen atoms in total. The smallest absolute Gasteiger partial charge is 0.408 e. The van der Waals surface area contributed by atoms with Crippen molar-refractivity contribution < 1.29 is 18.7 Å². The second-order valence-corrected chi connectivity index (χ2v) is 12.4. The minimum Gasteiger partial charge on any atom is -0.444 e. The van der Waals surface area contributed by atoms with E-state index in [1.807, 2.05) is 31.9 Å². The molecule has 37 heavy (non-hydrogen) atoms. The third-order valence-corrected chi connectivity index (χ3v) is 7.15. The minimum atomic E-state index is -0.718. The van der Waals surface area contributed by atoms with Crippen LogP contribution in [-0.4, -0.2) is 80.7 Å². The average Bonchev–Trinajstić information content (AvgIpc) is 3.48. The van der Waals surface area contributed by atoms with Crippen molar-refractivity contribution in [2.24, 2.45) is 11.3 Å². The van der Waals surface area contributed by atoms with Crippen LogP contribution in [0.15, 0.2) is 30.5 Å². The normalized spacial score (nSPS) is 23.1. The lowest BCUT2D eigenvalue weighted by molar-refractivity contribution is -0.137. The lowest BCUT2D eigenvalue weighted by Crippen LogP contribution is -2.57. The number of halogens is 1. The van der Waals surface area contributed by atoms with Crippen molar-refractivity contribution in [3.63, 3.8) is 0 Å². The molecule has 3 heterocycles. The number of rotatable bonds is 5. The molecule has 2 aromatic rings. The Morgan fingerprint density at radius 1 is 1.16 bits per heavy atom. The molecule has 0 bridgehead atoms. The van der Waals surface area contributed by atoms with E-state index >= 15 is 0 Å². The lowest BCUT2D eigenvalue weighted by atomic mass is 9.85. The van der Waals surface area contributed by atoms with Gasteiger partial charge in [-0.1, -0.05) is 26.0 Å². The highest BCUT2D eigenvalue weighted by Gasteiger charge is 2.51. The van der Waals surface area contributed by atoms with Gasteiger partial charge in [0.2, 0.25) is 5.91 Å². The fourth-order valence-electron chi connectivity index (χ4n) is 5.51. The maximum atomic E-state index is 13.9. The molecule has 0 spiro atoms. The van der Waals surface area contributed by atoms with Crippen LogP contribution in [0.1, 0.15) is 48.0 Å². The van der Waals surface area contributed by atoms with Gasteiger partial charge >= 0.3 is 6.09 Å². The van der Waals surface area contributed by atoms with Gasteiger partial charge in [0.05, 0.1) is 12.2 Å². The Labute approximate surface area is 218 Å². The quantitative estimate of drug-likeness (QED) is 0.656. The van der Waals surface area contributed by atoms with Crippen molar-refractivity contribution in [1.82, 2.24) is 30.1 Å². The summed E-state index contributed by atoms with van der Waals surface area (Å²) in [7, 11) is 2.09. The highest BCUT2D eigenvalue weighted by atomic mass is 19.1. The molecule has 4 rings (SSSR count). The molecule has 0 radical (unpaired) electrons. The van der Waals surface area contributed by atoms with Gasteiger partial charge in [-0.2, -0.15) is 0 Å². The second kappa shape index (κ2) is 10.0. The molecule has 1 aromatic carbocycles. The van der Waals surface area contributed by atoms with Gasteiger partial charge in [-0.3, -0.25) is 9.48 Å². The van der Waals surface area contributed by atoms with E-state index in [1.165, 1.54) is 12.1 Å². The van der Waals surface area contributed by atoms with Gasteiger partial charge in [0, 0.05) is 37.2 Å². The summed E-state index contributed by atoms with van der Waals surface area (Å²) < 4.78 is 20.6. The van der Waals surface area contributed by atoms with Gasteiger partial charge in [-0.05, 0) is 63.9 Å². The molecule has 1 aromatic heterocycles. The Balaban J connectivity index is 1.51. The first-order chi connectivity index (χ1) is 17.2. The van der Waals surface area contributed by atoms with E-state index in [9.17, 15) is 14.0 Å². The third kappa shape index (κ3) is 6.11. The average molecular weight is 515 g/mol. The third-order valence-electron chi connectivity index (χ3n) is 7.15. The summed E-state index contributed by atoms with van der Waals surface area (Å²) in [5.74, 6) is -0.236. The number of fused-ring (bicyclic) bond motifs is 1. The Morgan fingerprint density at radius 3 is 2.46 bits per heavy atom. The molecule has 2 amide bonds. The van der Waals surface area contributed by atoms with Gasteiger partial charge in [-0.25, -0.2) is 9.18 Å². The molecule has 2 saturated heterocycles. The number of hydrogen-bond donors (Lipinski definition) is 1. The number of nitrogens with one attached hydrogen (secondary N) is 1. The van der Waals surface area contributed by atoms with E-state index in [0.717, 1.165) is 18.5 Å². The fraction of sp³-hybridized carbons (Fsp3) is 0.630. The second-order valence-electron chi connectivity index (χ2n) is 12.4. The number of nitrogens with zero attached hydrogens (tertiary/aromatic N) is 5.